The van der Waals surface area contributed by atoms with Crippen LogP contribution in [0.15, 0.2) is 23.7 Å². The molecule has 1 heterocycles. The molecule has 1 aromatic heterocycles. The van der Waals surface area contributed by atoms with Gasteiger partial charge in [0.15, 0.2) is 0 Å². The van der Waals surface area contributed by atoms with Crippen molar-refractivity contribution in [1.29, 1.82) is 0 Å². The van der Waals surface area contributed by atoms with E-state index in [1.807, 2.05) is 30.6 Å². The number of hydrogen-bond donors (Lipinski definition) is 1. The van der Waals surface area contributed by atoms with Crippen molar-refractivity contribution in [3.05, 3.63) is 45.4 Å². The van der Waals surface area contributed by atoms with Gasteiger partial charge in [-0.25, -0.2) is 4.98 Å². The normalized spacial score (nSPS) is 17.5. The number of hydrogen-bond acceptors (Lipinski definition) is 4. The minimum Gasteiger partial charge on any atom is -0.493 e. The number of aliphatic hydroxyl groups is 1. The van der Waals surface area contributed by atoms with Gasteiger partial charge in [-0.2, -0.15) is 0 Å². The summed E-state index contributed by atoms with van der Waals surface area (Å²) in [4.78, 5) is 5.52. The Balaban J connectivity index is 1.67. The summed E-state index contributed by atoms with van der Waals surface area (Å²) >= 11 is 1.68. The van der Waals surface area contributed by atoms with E-state index in [9.17, 15) is 5.11 Å². The molecule has 1 aliphatic rings. The summed E-state index contributed by atoms with van der Waals surface area (Å²) < 4.78 is 5.89. The quantitative estimate of drug-likeness (QED) is 0.932. The number of thiazole rings is 1. The van der Waals surface area contributed by atoms with Crippen molar-refractivity contribution in [3.8, 4) is 5.75 Å². The maximum atomic E-state index is 9.86. The minimum atomic E-state index is -0.317. The van der Waals surface area contributed by atoms with Crippen LogP contribution in [0.1, 0.15) is 34.2 Å². The molecule has 1 aliphatic carbocycles. The summed E-state index contributed by atoms with van der Waals surface area (Å²) in [6.07, 6.45) is 2.29. The predicted molar refractivity (Wildman–Crippen MR) is 75.8 cm³/mol. The Morgan fingerprint density at radius 3 is 3.16 bits per heavy atom. The average Bonchev–Trinajstić information content (AvgIpc) is 2.98. The Kier molecular flexibility index (Phi) is 3.53. The highest BCUT2D eigenvalue weighted by molar-refractivity contribution is 7.09. The number of aromatic nitrogens is 1. The smallest absolute Gasteiger partial charge is 0.122 e. The fourth-order valence-corrected chi connectivity index (χ4v) is 3.32. The lowest BCUT2D eigenvalue weighted by atomic mass is 10.1. The first-order valence-corrected chi connectivity index (χ1v) is 7.45. The van der Waals surface area contributed by atoms with E-state index in [2.05, 4.69) is 4.98 Å². The molecule has 0 saturated heterocycles. The SMILES string of the molecule is Cc1ncsc1CCOc1cccc2c1CCC2O. The molecule has 19 heavy (non-hydrogen) atoms. The van der Waals surface area contributed by atoms with E-state index in [1.165, 1.54) is 10.4 Å². The average molecular weight is 275 g/mol. The molecule has 0 aliphatic heterocycles. The molecule has 0 fully saturated rings. The largest absolute Gasteiger partial charge is 0.493 e. The van der Waals surface area contributed by atoms with Crippen molar-refractivity contribution in [3.63, 3.8) is 0 Å². The molecule has 0 radical (unpaired) electrons. The van der Waals surface area contributed by atoms with Gasteiger partial charge in [0.25, 0.3) is 0 Å². The molecule has 1 atom stereocenters. The molecule has 0 spiro atoms. The molecular formula is C15H17NO2S. The van der Waals surface area contributed by atoms with Gasteiger partial charge >= 0.3 is 0 Å². The molecule has 1 unspecified atom stereocenters. The zero-order chi connectivity index (χ0) is 13.2. The third-order valence-electron chi connectivity index (χ3n) is 3.63. The number of benzene rings is 1. The highest BCUT2D eigenvalue weighted by Gasteiger charge is 2.23. The van der Waals surface area contributed by atoms with Crippen molar-refractivity contribution < 1.29 is 9.84 Å². The first kappa shape index (κ1) is 12.6. The molecule has 2 aromatic rings. The van der Waals surface area contributed by atoms with E-state index < -0.39 is 0 Å². The van der Waals surface area contributed by atoms with E-state index >= 15 is 0 Å². The summed E-state index contributed by atoms with van der Waals surface area (Å²) in [5, 5.41) is 9.86. The first-order valence-electron chi connectivity index (χ1n) is 6.57. The number of fused-ring (bicyclic) bond motifs is 1. The van der Waals surface area contributed by atoms with E-state index in [-0.39, 0.29) is 6.10 Å². The lowest BCUT2D eigenvalue weighted by molar-refractivity contribution is 0.180. The summed E-state index contributed by atoms with van der Waals surface area (Å²) in [6, 6.07) is 5.95. The number of rotatable bonds is 4. The van der Waals surface area contributed by atoms with Crippen molar-refractivity contribution in [2.75, 3.05) is 6.61 Å². The number of ether oxygens (including phenoxy) is 1. The van der Waals surface area contributed by atoms with Gasteiger partial charge in [-0.1, -0.05) is 12.1 Å². The van der Waals surface area contributed by atoms with Crippen LogP contribution in [-0.2, 0) is 12.8 Å². The zero-order valence-corrected chi connectivity index (χ0v) is 11.7. The van der Waals surface area contributed by atoms with E-state index in [1.54, 1.807) is 11.3 Å². The maximum absolute atomic E-state index is 9.86. The Bertz CT molecular complexity index is 579. The third-order valence-corrected chi connectivity index (χ3v) is 4.62. The molecule has 0 bridgehead atoms. The monoisotopic (exact) mass is 275 g/mol. The molecule has 3 nitrogen and oxygen atoms in total. The third kappa shape index (κ3) is 2.51. The lowest BCUT2D eigenvalue weighted by Crippen LogP contribution is -2.03. The lowest BCUT2D eigenvalue weighted by Gasteiger charge is -2.11. The van der Waals surface area contributed by atoms with E-state index in [0.29, 0.717) is 6.61 Å². The molecule has 0 amide bonds. The van der Waals surface area contributed by atoms with Crippen molar-refractivity contribution in [2.24, 2.45) is 0 Å². The van der Waals surface area contributed by atoms with Crippen LogP contribution < -0.4 is 4.74 Å². The summed E-state index contributed by atoms with van der Waals surface area (Å²) in [5.41, 5.74) is 5.19. The molecule has 1 N–H and O–H groups in total. The van der Waals surface area contributed by atoms with Crippen LogP contribution >= 0.6 is 11.3 Å². The van der Waals surface area contributed by atoms with Gasteiger partial charge in [0.1, 0.15) is 5.75 Å². The van der Waals surface area contributed by atoms with Crippen LogP contribution in [0.2, 0.25) is 0 Å². The topological polar surface area (TPSA) is 42.4 Å². The van der Waals surface area contributed by atoms with Gasteiger partial charge < -0.3 is 9.84 Å². The summed E-state index contributed by atoms with van der Waals surface area (Å²) in [5.74, 6) is 0.927. The highest BCUT2D eigenvalue weighted by atomic mass is 32.1. The van der Waals surface area contributed by atoms with E-state index in [0.717, 1.165) is 36.3 Å². The van der Waals surface area contributed by atoms with Crippen LogP contribution in [0, 0.1) is 6.92 Å². The fraction of sp³-hybridized carbons (Fsp3) is 0.400. The van der Waals surface area contributed by atoms with E-state index in [4.69, 9.17) is 4.74 Å². The van der Waals surface area contributed by atoms with Crippen molar-refractivity contribution >= 4 is 11.3 Å². The predicted octanol–water partition coefficient (Wildman–Crippen LogP) is 3.05. The molecular weight excluding hydrogens is 258 g/mol. The highest BCUT2D eigenvalue weighted by Crippen LogP contribution is 2.36. The van der Waals surface area contributed by atoms with Crippen LogP contribution in [0.5, 0.6) is 5.75 Å². The van der Waals surface area contributed by atoms with Gasteiger partial charge in [-0.3, -0.25) is 0 Å². The summed E-state index contributed by atoms with van der Waals surface area (Å²) in [7, 11) is 0. The standard InChI is InChI=1S/C15H17NO2S/c1-10-15(19-9-16-10)7-8-18-14-4-2-3-11-12(14)5-6-13(11)17/h2-4,9,13,17H,5-8H2,1H3. The fourth-order valence-electron chi connectivity index (χ4n) is 2.55. The Hall–Kier alpha value is -1.39. The Morgan fingerprint density at radius 2 is 2.37 bits per heavy atom. The van der Waals surface area contributed by atoms with Gasteiger partial charge in [0, 0.05) is 16.9 Å². The van der Waals surface area contributed by atoms with Crippen LogP contribution in [0.4, 0.5) is 0 Å². The Labute approximate surface area is 116 Å². The van der Waals surface area contributed by atoms with Gasteiger partial charge in [0.05, 0.1) is 23.9 Å². The Morgan fingerprint density at radius 1 is 1.47 bits per heavy atom. The minimum absolute atomic E-state index is 0.317. The molecule has 0 saturated carbocycles. The second-order valence-electron chi connectivity index (χ2n) is 4.84. The maximum Gasteiger partial charge on any atom is 0.122 e. The number of aryl methyl sites for hydroxylation is 1. The first-order chi connectivity index (χ1) is 9.25. The van der Waals surface area contributed by atoms with Crippen molar-refractivity contribution in [2.45, 2.75) is 32.3 Å². The molecule has 1 aromatic carbocycles. The molecule has 4 heteroatoms. The van der Waals surface area contributed by atoms with Crippen LogP contribution in [0.3, 0.4) is 0 Å². The number of aliphatic hydroxyl groups excluding tert-OH is 1. The summed E-state index contributed by atoms with van der Waals surface area (Å²) in [6.45, 7) is 2.69. The second kappa shape index (κ2) is 5.31. The van der Waals surface area contributed by atoms with Gasteiger partial charge in [-0.15, -0.1) is 11.3 Å². The van der Waals surface area contributed by atoms with Crippen LogP contribution in [0.25, 0.3) is 0 Å². The second-order valence-corrected chi connectivity index (χ2v) is 5.78. The van der Waals surface area contributed by atoms with Crippen molar-refractivity contribution in [1.82, 2.24) is 4.98 Å². The van der Waals surface area contributed by atoms with Gasteiger partial charge in [-0.05, 0) is 31.4 Å². The zero-order valence-electron chi connectivity index (χ0n) is 10.9. The molecule has 3 rings (SSSR count). The molecule has 100 valence electrons. The van der Waals surface area contributed by atoms with Crippen LogP contribution in [-0.4, -0.2) is 16.7 Å². The number of nitrogens with zero attached hydrogens (tertiary/aromatic N) is 1. The van der Waals surface area contributed by atoms with Gasteiger partial charge in [0.2, 0.25) is 0 Å².